The molecule has 128 valence electrons. The number of nitrogens with zero attached hydrogens (tertiary/aromatic N) is 2. The first-order valence-corrected chi connectivity index (χ1v) is 8.57. The van der Waals surface area contributed by atoms with Crippen molar-refractivity contribution >= 4 is 41.3 Å². The Morgan fingerprint density at radius 1 is 1.39 bits per heavy atom. The number of aromatic nitrogens is 1. The van der Waals surface area contributed by atoms with Gasteiger partial charge < -0.3 is 15.2 Å². The van der Waals surface area contributed by atoms with E-state index in [0.29, 0.717) is 12.5 Å². The van der Waals surface area contributed by atoms with E-state index in [1.54, 1.807) is 11.3 Å². The average Bonchev–Trinajstić information content (AvgIpc) is 3.16. The highest BCUT2D eigenvalue weighted by atomic mass is 127. The zero-order valence-corrected chi connectivity index (χ0v) is 17.0. The van der Waals surface area contributed by atoms with Gasteiger partial charge in [-0.15, -0.1) is 35.3 Å². The lowest BCUT2D eigenvalue weighted by Gasteiger charge is -2.10. The van der Waals surface area contributed by atoms with Crippen LogP contribution in [0, 0.1) is 0 Å². The van der Waals surface area contributed by atoms with Crippen molar-refractivity contribution in [2.75, 3.05) is 13.1 Å². The summed E-state index contributed by atoms with van der Waals surface area (Å²) in [5.41, 5.74) is 0.973. The van der Waals surface area contributed by atoms with Gasteiger partial charge in [-0.2, -0.15) is 0 Å². The van der Waals surface area contributed by atoms with Crippen LogP contribution in [-0.4, -0.2) is 24.2 Å². The van der Waals surface area contributed by atoms with Gasteiger partial charge in [0, 0.05) is 24.0 Å². The second-order valence-electron chi connectivity index (χ2n) is 5.32. The monoisotopic (exact) mass is 448 g/mol. The Kier molecular flexibility index (Phi) is 9.23. The second-order valence-corrected chi connectivity index (χ2v) is 6.36. The molecule has 0 spiro atoms. The summed E-state index contributed by atoms with van der Waals surface area (Å²) in [5, 5.41) is 12.7. The van der Waals surface area contributed by atoms with E-state index >= 15 is 0 Å². The summed E-state index contributed by atoms with van der Waals surface area (Å²) in [6.07, 6.45) is 1.00. The summed E-state index contributed by atoms with van der Waals surface area (Å²) < 4.78 is 5.31. The van der Waals surface area contributed by atoms with Gasteiger partial charge in [0.1, 0.15) is 6.54 Å². The molecule has 0 unspecified atom stereocenters. The molecule has 0 aliphatic heterocycles. The van der Waals surface area contributed by atoms with Crippen molar-refractivity contribution in [1.29, 1.82) is 0 Å². The molecule has 0 atom stereocenters. The molecule has 7 heteroatoms. The quantitative estimate of drug-likeness (QED) is 0.385. The van der Waals surface area contributed by atoms with Crippen LogP contribution in [-0.2, 0) is 13.0 Å². The first-order valence-electron chi connectivity index (χ1n) is 7.69. The molecule has 5 nitrogen and oxygen atoms in total. The highest BCUT2D eigenvalue weighted by molar-refractivity contribution is 14.0. The lowest BCUT2D eigenvalue weighted by molar-refractivity contribution is 0.376. The minimum atomic E-state index is 0. The third-order valence-corrected chi connectivity index (χ3v) is 4.09. The van der Waals surface area contributed by atoms with Gasteiger partial charge in [-0.1, -0.05) is 25.1 Å². The summed E-state index contributed by atoms with van der Waals surface area (Å²) in [4.78, 5) is 5.91. The summed E-state index contributed by atoms with van der Waals surface area (Å²) in [6, 6.07) is 6.21. The van der Waals surface area contributed by atoms with Crippen molar-refractivity contribution in [2.24, 2.45) is 4.99 Å². The van der Waals surface area contributed by atoms with E-state index in [0.717, 1.165) is 36.9 Å². The average molecular weight is 448 g/mol. The van der Waals surface area contributed by atoms with Crippen LogP contribution in [0.5, 0.6) is 0 Å². The molecule has 0 saturated heterocycles. The smallest absolute Gasteiger partial charge is 0.191 e. The number of thiophene rings is 1. The van der Waals surface area contributed by atoms with Gasteiger partial charge in [0.15, 0.2) is 11.7 Å². The Morgan fingerprint density at radius 2 is 2.22 bits per heavy atom. The van der Waals surface area contributed by atoms with Gasteiger partial charge in [0.05, 0.1) is 5.69 Å². The van der Waals surface area contributed by atoms with Crippen molar-refractivity contribution in [3.63, 3.8) is 0 Å². The zero-order chi connectivity index (χ0) is 15.8. The fraction of sp³-hybridized carbons (Fsp3) is 0.500. The zero-order valence-electron chi connectivity index (χ0n) is 13.8. The summed E-state index contributed by atoms with van der Waals surface area (Å²) in [5.74, 6) is 1.97. The van der Waals surface area contributed by atoms with Crippen LogP contribution >= 0.6 is 35.3 Å². The molecule has 2 aromatic heterocycles. The topological polar surface area (TPSA) is 62.5 Å². The maximum Gasteiger partial charge on any atom is 0.191 e. The molecule has 23 heavy (non-hydrogen) atoms. The summed E-state index contributed by atoms with van der Waals surface area (Å²) in [6.45, 7) is 8.44. The van der Waals surface area contributed by atoms with Crippen LogP contribution in [0.2, 0.25) is 0 Å². The SMILES string of the molecule is CCNC(=NCc1cc(C(C)C)no1)NCCc1cccs1.I. The van der Waals surface area contributed by atoms with E-state index in [9.17, 15) is 0 Å². The number of hydrogen-bond acceptors (Lipinski definition) is 4. The standard InChI is InChI=1S/C16H24N4OS.HI/c1-4-17-16(18-8-7-14-6-5-9-22-14)19-11-13-10-15(12(2)3)20-21-13;/h5-6,9-10,12H,4,7-8,11H2,1-3H3,(H2,17,18,19);1H. The third kappa shape index (κ3) is 6.90. The second kappa shape index (κ2) is 10.6. The summed E-state index contributed by atoms with van der Waals surface area (Å²) in [7, 11) is 0. The van der Waals surface area contributed by atoms with Crippen LogP contribution in [0.3, 0.4) is 0 Å². The largest absolute Gasteiger partial charge is 0.359 e. The molecule has 0 amide bonds. The lowest BCUT2D eigenvalue weighted by Crippen LogP contribution is -2.38. The van der Waals surface area contributed by atoms with Crippen LogP contribution in [0.15, 0.2) is 33.1 Å². The van der Waals surface area contributed by atoms with Crippen molar-refractivity contribution < 1.29 is 4.52 Å². The van der Waals surface area contributed by atoms with E-state index in [4.69, 9.17) is 4.52 Å². The van der Waals surface area contributed by atoms with E-state index in [2.05, 4.69) is 59.1 Å². The number of guanidine groups is 1. The minimum absolute atomic E-state index is 0. The van der Waals surface area contributed by atoms with E-state index in [-0.39, 0.29) is 24.0 Å². The van der Waals surface area contributed by atoms with Gasteiger partial charge in [0.25, 0.3) is 0 Å². The number of rotatable bonds is 7. The van der Waals surface area contributed by atoms with Crippen molar-refractivity contribution in [2.45, 2.75) is 39.7 Å². The molecule has 2 rings (SSSR count). The first-order chi connectivity index (χ1) is 10.7. The van der Waals surface area contributed by atoms with Crippen molar-refractivity contribution in [3.05, 3.63) is 39.9 Å². The normalized spacial score (nSPS) is 11.4. The van der Waals surface area contributed by atoms with Crippen LogP contribution in [0.25, 0.3) is 0 Å². The van der Waals surface area contributed by atoms with Gasteiger partial charge >= 0.3 is 0 Å². The Labute approximate surface area is 159 Å². The maximum atomic E-state index is 5.31. The number of halogens is 1. The minimum Gasteiger partial charge on any atom is -0.359 e. The predicted octanol–water partition coefficient (Wildman–Crippen LogP) is 3.78. The molecule has 2 N–H and O–H groups in total. The lowest BCUT2D eigenvalue weighted by atomic mass is 10.1. The van der Waals surface area contributed by atoms with Crippen molar-refractivity contribution in [3.8, 4) is 0 Å². The first kappa shape index (κ1) is 20.0. The molecule has 0 bridgehead atoms. The summed E-state index contributed by atoms with van der Waals surface area (Å²) >= 11 is 1.78. The molecule has 0 aliphatic carbocycles. The Balaban J connectivity index is 0.00000264. The third-order valence-electron chi connectivity index (χ3n) is 3.15. The Morgan fingerprint density at radius 3 is 2.83 bits per heavy atom. The van der Waals surface area contributed by atoms with E-state index in [1.165, 1.54) is 4.88 Å². The van der Waals surface area contributed by atoms with Gasteiger partial charge in [-0.25, -0.2) is 4.99 Å². The van der Waals surface area contributed by atoms with E-state index < -0.39 is 0 Å². The van der Waals surface area contributed by atoms with Crippen LogP contribution in [0.1, 0.15) is 43.0 Å². The molecule has 0 fully saturated rings. The van der Waals surface area contributed by atoms with Gasteiger partial charge in [-0.05, 0) is 30.7 Å². The number of hydrogen-bond donors (Lipinski definition) is 2. The fourth-order valence-corrected chi connectivity index (χ4v) is 2.64. The molecular formula is C16H25IN4OS. The fourth-order valence-electron chi connectivity index (χ4n) is 1.93. The maximum absolute atomic E-state index is 5.31. The van der Waals surface area contributed by atoms with Gasteiger partial charge in [0.2, 0.25) is 0 Å². The Bertz CT molecular complexity index is 581. The van der Waals surface area contributed by atoms with E-state index in [1.807, 2.05) is 6.07 Å². The van der Waals surface area contributed by atoms with Gasteiger partial charge in [-0.3, -0.25) is 0 Å². The number of aliphatic imine (C=N–C) groups is 1. The molecular weight excluding hydrogens is 423 g/mol. The molecule has 0 saturated carbocycles. The van der Waals surface area contributed by atoms with Crippen molar-refractivity contribution in [1.82, 2.24) is 15.8 Å². The molecule has 0 aliphatic rings. The highest BCUT2D eigenvalue weighted by Crippen LogP contribution is 2.14. The Hall–Kier alpha value is -1.09. The predicted molar refractivity (Wildman–Crippen MR) is 107 cm³/mol. The number of nitrogens with one attached hydrogen (secondary N) is 2. The molecule has 0 radical (unpaired) electrons. The molecule has 2 heterocycles. The van der Waals surface area contributed by atoms with Crippen LogP contribution < -0.4 is 10.6 Å². The van der Waals surface area contributed by atoms with Crippen LogP contribution in [0.4, 0.5) is 0 Å². The molecule has 0 aromatic carbocycles. The molecule has 2 aromatic rings. The highest BCUT2D eigenvalue weighted by Gasteiger charge is 2.07.